The van der Waals surface area contributed by atoms with Gasteiger partial charge < -0.3 is 19.2 Å². The number of hydrogen-bond donors (Lipinski definition) is 2. The lowest BCUT2D eigenvalue weighted by Crippen LogP contribution is -2.30. The van der Waals surface area contributed by atoms with Gasteiger partial charge in [-0.3, -0.25) is 4.79 Å². The minimum atomic E-state index is -3.89. The fourth-order valence-corrected chi connectivity index (χ4v) is 3.57. The van der Waals surface area contributed by atoms with Gasteiger partial charge >= 0.3 is 12.6 Å². The molecule has 1 saturated carbocycles. The minimum absolute atomic E-state index is 0.0387. The van der Waals surface area contributed by atoms with Gasteiger partial charge in [0.15, 0.2) is 6.10 Å². The van der Waals surface area contributed by atoms with Crippen LogP contribution in [0.15, 0.2) is 45.9 Å². The van der Waals surface area contributed by atoms with Crippen molar-refractivity contribution >= 4 is 27.6 Å². The van der Waals surface area contributed by atoms with E-state index in [1.54, 1.807) is 0 Å². The van der Waals surface area contributed by atoms with Crippen LogP contribution in [0.5, 0.6) is 5.75 Å². The zero-order valence-electron chi connectivity index (χ0n) is 15.6. The number of hydrogen-bond acceptors (Lipinski definition) is 7. The van der Waals surface area contributed by atoms with Gasteiger partial charge in [0.25, 0.3) is 15.9 Å². The molecule has 2 N–H and O–H groups in total. The highest BCUT2D eigenvalue weighted by atomic mass is 32.2. The molecule has 0 bridgehead atoms. The summed E-state index contributed by atoms with van der Waals surface area (Å²) in [6, 6.07) is 7.57. The Morgan fingerprint density at radius 3 is 2.53 bits per heavy atom. The Kier molecular flexibility index (Phi) is 6.37. The molecule has 9 nitrogen and oxygen atoms in total. The molecular weight excluding hydrogens is 426 g/mol. The first-order chi connectivity index (χ1) is 14.2. The van der Waals surface area contributed by atoms with Crippen LogP contribution >= 0.6 is 0 Å². The van der Waals surface area contributed by atoms with Gasteiger partial charge in [-0.1, -0.05) is 12.1 Å². The number of amides is 1. The van der Waals surface area contributed by atoms with Gasteiger partial charge in [-0.25, -0.2) is 17.9 Å². The number of anilines is 1. The lowest BCUT2D eigenvalue weighted by molar-refractivity contribution is -0.124. The minimum Gasteiger partial charge on any atom is -0.447 e. The van der Waals surface area contributed by atoms with Gasteiger partial charge in [-0.2, -0.15) is 8.78 Å². The first kappa shape index (κ1) is 21.7. The van der Waals surface area contributed by atoms with Crippen molar-refractivity contribution in [1.29, 1.82) is 0 Å². The van der Waals surface area contributed by atoms with Crippen molar-refractivity contribution in [2.24, 2.45) is 0 Å². The zero-order valence-corrected chi connectivity index (χ0v) is 16.4. The van der Waals surface area contributed by atoms with Crippen molar-refractivity contribution in [3.63, 3.8) is 0 Å². The molecule has 1 fully saturated rings. The average molecular weight is 444 g/mol. The van der Waals surface area contributed by atoms with Crippen LogP contribution in [0.2, 0.25) is 0 Å². The number of ether oxygens (including phenoxy) is 2. The fraction of sp³-hybridized carbons (Fsp3) is 0.333. The number of carbonyl (C=O) groups excluding carboxylic acids is 2. The highest BCUT2D eigenvalue weighted by Gasteiger charge is 2.31. The SMILES string of the molecule is CC(OC(=O)c1ccc(S(=O)(=O)NC2CC2)o1)C(=O)Nc1ccccc1OC(F)F. The van der Waals surface area contributed by atoms with Crippen LogP contribution < -0.4 is 14.8 Å². The zero-order chi connectivity index (χ0) is 21.9. The first-order valence-corrected chi connectivity index (χ1v) is 10.3. The maximum atomic E-state index is 12.5. The molecule has 1 unspecified atom stereocenters. The Balaban J connectivity index is 1.61. The van der Waals surface area contributed by atoms with Crippen LogP contribution in [0, 0.1) is 0 Å². The second-order valence-electron chi connectivity index (χ2n) is 6.43. The number of halogens is 2. The Hall–Kier alpha value is -2.99. The van der Waals surface area contributed by atoms with Crippen molar-refractivity contribution < 1.29 is 40.7 Å². The van der Waals surface area contributed by atoms with E-state index < -0.39 is 45.5 Å². The molecule has 0 aliphatic heterocycles. The molecule has 1 atom stereocenters. The first-order valence-electron chi connectivity index (χ1n) is 8.83. The Morgan fingerprint density at radius 2 is 1.87 bits per heavy atom. The maximum absolute atomic E-state index is 12.5. The van der Waals surface area contributed by atoms with Crippen LogP contribution in [0.3, 0.4) is 0 Å². The number of furan rings is 1. The summed E-state index contributed by atoms with van der Waals surface area (Å²) in [4.78, 5) is 24.4. The van der Waals surface area contributed by atoms with E-state index in [0.29, 0.717) is 0 Å². The molecule has 1 amide bonds. The third-order valence-corrected chi connectivity index (χ3v) is 5.35. The van der Waals surface area contributed by atoms with E-state index in [1.807, 2.05) is 0 Å². The molecular formula is C18H18F2N2O7S. The molecule has 1 aliphatic rings. The highest BCUT2D eigenvalue weighted by molar-refractivity contribution is 7.89. The van der Waals surface area contributed by atoms with E-state index in [9.17, 15) is 26.8 Å². The Morgan fingerprint density at radius 1 is 1.17 bits per heavy atom. The van der Waals surface area contributed by atoms with Crippen LogP contribution in [-0.4, -0.2) is 39.1 Å². The molecule has 2 aromatic rings. The number of sulfonamides is 1. The fourth-order valence-electron chi connectivity index (χ4n) is 2.33. The van der Waals surface area contributed by atoms with Crippen molar-refractivity contribution in [2.45, 2.75) is 43.6 Å². The molecule has 1 aliphatic carbocycles. The molecule has 3 rings (SSSR count). The van der Waals surface area contributed by atoms with Crippen LogP contribution in [0.1, 0.15) is 30.3 Å². The monoisotopic (exact) mass is 444 g/mol. The van der Waals surface area contributed by atoms with Gasteiger partial charge in [0.1, 0.15) is 5.75 Å². The molecule has 1 aromatic carbocycles. The smallest absolute Gasteiger partial charge is 0.387 e. The molecule has 1 aromatic heterocycles. The number of rotatable bonds is 9. The third-order valence-electron chi connectivity index (χ3n) is 3.96. The predicted octanol–water partition coefficient (Wildman–Crippen LogP) is 2.51. The molecule has 0 spiro atoms. The van der Waals surface area contributed by atoms with Crippen LogP contribution in [-0.2, 0) is 19.6 Å². The number of benzene rings is 1. The van der Waals surface area contributed by atoms with Crippen molar-refractivity contribution in [2.75, 3.05) is 5.32 Å². The summed E-state index contributed by atoms with van der Waals surface area (Å²) in [7, 11) is -3.89. The molecule has 0 radical (unpaired) electrons. The second kappa shape index (κ2) is 8.79. The average Bonchev–Trinajstić information content (AvgIpc) is 3.31. The van der Waals surface area contributed by atoms with E-state index in [1.165, 1.54) is 31.2 Å². The molecule has 162 valence electrons. The molecule has 12 heteroatoms. The van der Waals surface area contributed by atoms with Gasteiger partial charge in [0, 0.05) is 6.04 Å². The Labute approximate surface area is 170 Å². The normalized spacial score (nSPS) is 14.9. The van der Waals surface area contributed by atoms with E-state index in [4.69, 9.17) is 9.15 Å². The van der Waals surface area contributed by atoms with Crippen molar-refractivity contribution in [1.82, 2.24) is 4.72 Å². The van der Waals surface area contributed by atoms with E-state index in [-0.39, 0.29) is 17.5 Å². The second-order valence-corrected chi connectivity index (χ2v) is 8.07. The number of carbonyl (C=O) groups is 2. The molecule has 30 heavy (non-hydrogen) atoms. The highest BCUT2D eigenvalue weighted by Crippen LogP contribution is 2.26. The number of para-hydroxylation sites is 2. The number of alkyl halides is 2. The van der Waals surface area contributed by atoms with E-state index >= 15 is 0 Å². The summed E-state index contributed by atoms with van der Waals surface area (Å²) >= 11 is 0. The van der Waals surface area contributed by atoms with Crippen molar-refractivity contribution in [3.8, 4) is 5.75 Å². The summed E-state index contributed by atoms with van der Waals surface area (Å²) < 4.78 is 65.8. The lowest BCUT2D eigenvalue weighted by Gasteiger charge is -2.15. The number of esters is 1. The lowest BCUT2D eigenvalue weighted by atomic mass is 10.2. The predicted molar refractivity (Wildman–Crippen MR) is 98.6 cm³/mol. The standard InChI is InChI=1S/C18H18F2N2O7S/c1-10(16(23)21-12-4-2-3-5-13(12)29-18(19)20)27-17(24)14-8-9-15(28-14)30(25,26)22-11-6-7-11/h2-5,8-11,18,22H,6-7H2,1H3,(H,21,23). The van der Waals surface area contributed by atoms with Gasteiger partial charge in [-0.15, -0.1) is 0 Å². The van der Waals surface area contributed by atoms with Gasteiger partial charge in [-0.05, 0) is 44.0 Å². The summed E-state index contributed by atoms with van der Waals surface area (Å²) in [5.41, 5.74) is -0.0387. The largest absolute Gasteiger partial charge is 0.447 e. The summed E-state index contributed by atoms with van der Waals surface area (Å²) in [6.07, 6.45) is 0.117. The van der Waals surface area contributed by atoms with E-state index in [2.05, 4.69) is 14.8 Å². The summed E-state index contributed by atoms with van der Waals surface area (Å²) in [6.45, 7) is -1.84. The van der Waals surface area contributed by atoms with Crippen molar-refractivity contribution in [3.05, 3.63) is 42.2 Å². The van der Waals surface area contributed by atoms with Crippen LogP contribution in [0.25, 0.3) is 0 Å². The maximum Gasteiger partial charge on any atom is 0.387 e. The third kappa shape index (κ3) is 5.54. The topological polar surface area (TPSA) is 124 Å². The van der Waals surface area contributed by atoms with Gasteiger partial charge in [0.05, 0.1) is 5.69 Å². The summed E-state index contributed by atoms with van der Waals surface area (Å²) in [5, 5.41) is 1.87. The Bertz CT molecular complexity index is 1030. The summed E-state index contributed by atoms with van der Waals surface area (Å²) in [5.74, 6) is -2.55. The van der Waals surface area contributed by atoms with Gasteiger partial charge in [0.2, 0.25) is 10.9 Å². The number of nitrogens with one attached hydrogen (secondary N) is 2. The van der Waals surface area contributed by atoms with Crippen LogP contribution in [0.4, 0.5) is 14.5 Å². The van der Waals surface area contributed by atoms with E-state index in [0.717, 1.165) is 25.0 Å². The molecule has 1 heterocycles. The molecule has 0 saturated heterocycles. The quantitative estimate of drug-likeness (QED) is 0.570.